The molecule has 1 rings (SSSR count). The maximum absolute atomic E-state index is 5.26. The zero-order chi connectivity index (χ0) is 9.19. The van der Waals surface area contributed by atoms with Gasteiger partial charge in [0.05, 0.1) is 0 Å². The van der Waals surface area contributed by atoms with Gasteiger partial charge in [0.25, 0.3) is 0 Å². The van der Waals surface area contributed by atoms with Crippen molar-refractivity contribution in [2.24, 2.45) is 0 Å². The third-order valence-corrected chi connectivity index (χ3v) is 2.83. The molecule has 1 heterocycles. The lowest BCUT2D eigenvalue weighted by Crippen LogP contribution is -2.53. The molecule has 1 saturated heterocycles. The van der Waals surface area contributed by atoms with E-state index in [4.69, 9.17) is 12.2 Å². The molecule has 0 radical (unpaired) electrons. The average molecular weight is 186 g/mol. The average Bonchev–Trinajstić information content (AvgIpc) is 1.82. The van der Waals surface area contributed by atoms with Gasteiger partial charge in [0.1, 0.15) is 0 Å². The second-order valence-electron chi connectivity index (χ2n) is 4.01. The van der Waals surface area contributed by atoms with Crippen LogP contribution in [0.1, 0.15) is 33.6 Å². The van der Waals surface area contributed by atoms with Crippen molar-refractivity contribution in [3.63, 3.8) is 0 Å². The molecule has 1 fully saturated rings. The lowest BCUT2D eigenvalue weighted by Gasteiger charge is -2.37. The van der Waals surface area contributed by atoms with Crippen LogP contribution in [0.25, 0.3) is 0 Å². The number of rotatable bonds is 2. The Balaban J connectivity index is 2.34. The molecule has 0 bridgehead atoms. The minimum atomic E-state index is 0.146. The molecule has 3 heteroatoms. The van der Waals surface area contributed by atoms with Crippen LogP contribution in [0.4, 0.5) is 0 Å². The molecule has 0 amide bonds. The molecule has 0 aliphatic carbocycles. The van der Waals surface area contributed by atoms with Gasteiger partial charge in [-0.15, -0.1) is 0 Å². The van der Waals surface area contributed by atoms with Crippen LogP contribution in [0.5, 0.6) is 0 Å². The Morgan fingerprint density at radius 1 is 1.50 bits per heavy atom. The Hall–Kier alpha value is -0.310. The summed E-state index contributed by atoms with van der Waals surface area (Å²) < 4.78 is 0. The van der Waals surface area contributed by atoms with Gasteiger partial charge in [-0.2, -0.15) is 0 Å². The molecule has 0 atom stereocenters. The predicted molar refractivity (Wildman–Crippen MR) is 56.3 cm³/mol. The lowest BCUT2D eigenvalue weighted by atomic mass is 10.0. The van der Waals surface area contributed by atoms with Gasteiger partial charge in [0.2, 0.25) is 0 Å². The number of thiocarbonyl (C=S) groups is 1. The molecule has 12 heavy (non-hydrogen) atoms. The molecule has 1 N–H and O–H groups in total. The van der Waals surface area contributed by atoms with Crippen LogP contribution in [0.15, 0.2) is 0 Å². The van der Waals surface area contributed by atoms with Crippen molar-refractivity contribution < 1.29 is 0 Å². The highest BCUT2D eigenvalue weighted by Crippen LogP contribution is 2.11. The van der Waals surface area contributed by atoms with Crippen molar-refractivity contribution in [2.75, 3.05) is 13.1 Å². The molecule has 1 aliphatic rings. The highest BCUT2D eigenvalue weighted by molar-refractivity contribution is 7.80. The van der Waals surface area contributed by atoms with E-state index in [0.717, 1.165) is 24.6 Å². The van der Waals surface area contributed by atoms with Crippen LogP contribution < -0.4 is 5.32 Å². The van der Waals surface area contributed by atoms with Gasteiger partial charge in [-0.05, 0) is 38.9 Å². The van der Waals surface area contributed by atoms with Crippen LogP contribution in [-0.4, -0.2) is 28.6 Å². The fourth-order valence-corrected chi connectivity index (χ4v) is 1.44. The number of nitrogens with one attached hydrogen (secondary N) is 1. The van der Waals surface area contributed by atoms with E-state index in [0.29, 0.717) is 0 Å². The Labute approximate surface area is 80.3 Å². The third kappa shape index (κ3) is 2.34. The molecule has 0 saturated carbocycles. The maximum Gasteiger partial charge on any atom is 0.169 e. The number of nitrogens with zero attached hydrogens (tertiary/aromatic N) is 1. The topological polar surface area (TPSA) is 15.3 Å². The van der Waals surface area contributed by atoms with Gasteiger partial charge in [-0.25, -0.2) is 0 Å². The van der Waals surface area contributed by atoms with E-state index in [1.807, 2.05) is 0 Å². The zero-order valence-electron chi connectivity index (χ0n) is 8.18. The summed E-state index contributed by atoms with van der Waals surface area (Å²) in [6.07, 6.45) is 2.38. The fourth-order valence-electron chi connectivity index (χ4n) is 0.976. The molecule has 0 unspecified atom stereocenters. The molecule has 0 aromatic carbocycles. The highest BCUT2D eigenvalue weighted by atomic mass is 32.1. The van der Waals surface area contributed by atoms with E-state index in [9.17, 15) is 0 Å². The van der Waals surface area contributed by atoms with E-state index < -0.39 is 0 Å². The van der Waals surface area contributed by atoms with Crippen molar-refractivity contribution in [3.05, 3.63) is 0 Å². The fraction of sp³-hybridized carbons (Fsp3) is 0.889. The standard InChI is InChI=1S/C9H18N2S/c1-4-9(2,3)10-8(12)11-6-5-7-11/h4-7H2,1-3H3,(H,10,12). The SMILES string of the molecule is CCC(C)(C)NC(=S)N1CCC1. The molecule has 0 aromatic heterocycles. The van der Waals surface area contributed by atoms with Crippen molar-refractivity contribution in [1.29, 1.82) is 0 Å². The predicted octanol–water partition coefficient (Wildman–Crippen LogP) is 1.76. The molecule has 0 aromatic rings. The molecule has 0 spiro atoms. The zero-order valence-corrected chi connectivity index (χ0v) is 9.00. The monoisotopic (exact) mass is 186 g/mol. The van der Waals surface area contributed by atoms with Crippen LogP contribution in [0.3, 0.4) is 0 Å². The Kier molecular flexibility index (Phi) is 2.94. The summed E-state index contributed by atoms with van der Waals surface area (Å²) in [5, 5.41) is 4.29. The minimum absolute atomic E-state index is 0.146. The summed E-state index contributed by atoms with van der Waals surface area (Å²) in [5.74, 6) is 0. The summed E-state index contributed by atoms with van der Waals surface area (Å²) in [7, 11) is 0. The van der Waals surface area contributed by atoms with Crippen LogP contribution in [-0.2, 0) is 0 Å². The maximum atomic E-state index is 5.26. The third-order valence-electron chi connectivity index (χ3n) is 2.47. The summed E-state index contributed by atoms with van der Waals surface area (Å²) in [6, 6.07) is 0. The Morgan fingerprint density at radius 2 is 2.08 bits per heavy atom. The second-order valence-corrected chi connectivity index (χ2v) is 4.39. The number of hydrogen-bond donors (Lipinski definition) is 1. The lowest BCUT2D eigenvalue weighted by molar-refractivity contribution is 0.283. The molecule has 1 aliphatic heterocycles. The normalized spacial score (nSPS) is 17.1. The summed E-state index contributed by atoms with van der Waals surface area (Å²) in [6.45, 7) is 8.79. The summed E-state index contributed by atoms with van der Waals surface area (Å²) >= 11 is 5.26. The van der Waals surface area contributed by atoms with E-state index >= 15 is 0 Å². The van der Waals surface area contributed by atoms with Crippen LogP contribution in [0, 0.1) is 0 Å². The van der Waals surface area contributed by atoms with Crippen molar-refractivity contribution in [2.45, 2.75) is 39.2 Å². The van der Waals surface area contributed by atoms with Crippen LogP contribution in [0.2, 0.25) is 0 Å². The van der Waals surface area contributed by atoms with Gasteiger partial charge in [0, 0.05) is 18.6 Å². The quantitative estimate of drug-likeness (QED) is 0.662. The highest BCUT2D eigenvalue weighted by Gasteiger charge is 2.22. The van der Waals surface area contributed by atoms with Crippen molar-refractivity contribution >= 4 is 17.3 Å². The van der Waals surface area contributed by atoms with E-state index in [2.05, 4.69) is 31.0 Å². The van der Waals surface area contributed by atoms with Crippen molar-refractivity contribution in [3.8, 4) is 0 Å². The van der Waals surface area contributed by atoms with Gasteiger partial charge < -0.3 is 10.2 Å². The van der Waals surface area contributed by atoms with Gasteiger partial charge >= 0.3 is 0 Å². The molecular formula is C9H18N2S. The number of likely N-dealkylation sites (tertiary alicyclic amines) is 1. The van der Waals surface area contributed by atoms with Gasteiger partial charge in [-0.3, -0.25) is 0 Å². The first-order valence-electron chi connectivity index (χ1n) is 4.62. The number of hydrogen-bond acceptors (Lipinski definition) is 1. The summed E-state index contributed by atoms with van der Waals surface area (Å²) in [4.78, 5) is 2.22. The second kappa shape index (κ2) is 3.60. The summed E-state index contributed by atoms with van der Waals surface area (Å²) in [5.41, 5.74) is 0.146. The largest absolute Gasteiger partial charge is 0.358 e. The molecular weight excluding hydrogens is 168 g/mol. The molecule has 2 nitrogen and oxygen atoms in total. The van der Waals surface area contributed by atoms with Gasteiger partial charge in [0.15, 0.2) is 5.11 Å². The Bertz CT molecular complexity index is 173. The first-order valence-corrected chi connectivity index (χ1v) is 5.03. The minimum Gasteiger partial charge on any atom is -0.358 e. The first-order chi connectivity index (χ1) is 5.55. The van der Waals surface area contributed by atoms with Gasteiger partial charge in [-0.1, -0.05) is 6.92 Å². The Morgan fingerprint density at radius 3 is 2.42 bits per heavy atom. The van der Waals surface area contributed by atoms with Crippen LogP contribution >= 0.6 is 12.2 Å². The molecule has 70 valence electrons. The smallest absolute Gasteiger partial charge is 0.169 e. The van der Waals surface area contributed by atoms with E-state index in [1.54, 1.807) is 0 Å². The van der Waals surface area contributed by atoms with E-state index in [1.165, 1.54) is 6.42 Å². The van der Waals surface area contributed by atoms with E-state index in [-0.39, 0.29) is 5.54 Å². The first kappa shape index (κ1) is 9.78. The van der Waals surface area contributed by atoms with Crippen molar-refractivity contribution in [1.82, 2.24) is 10.2 Å².